The van der Waals surface area contributed by atoms with Crippen LogP contribution in [-0.2, 0) is 0 Å². The Balaban J connectivity index is 2.43. The molecule has 1 aliphatic carbocycles. The Hall–Kier alpha value is -0.590. The van der Waals surface area contributed by atoms with Crippen molar-refractivity contribution < 1.29 is 0 Å². The van der Waals surface area contributed by atoms with E-state index >= 15 is 0 Å². The van der Waals surface area contributed by atoms with E-state index in [9.17, 15) is 5.26 Å². The first kappa shape index (κ1) is 16.5. The van der Waals surface area contributed by atoms with Crippen molar-refractivity contribution in [3.63, 3.8) is 0 Å². The topological polar surface area (TPSA) is 39.1 Å². The smallest absolute Gasteiger partial charge is 0.105 e. The quantitative estimate of drug-likeness (QED) is 0.696. The average molecular weight is 265 g/mol. The molecule has 1 unspecified atom stereocenters. The predicted octanol–water partition coefficient (Wildman–Crippen LogP) is 3.17. The van der Waals surface area contributed by atoms with E-state index in [1.54, 1.807) is 0 Å². The summed E-state index contributed by atoms with van der Waals surface area (Å²) in [4.78, 5) is 2.59. The lowest BCUT2D eigenvalue weighted by Gasteiger charge is -2.30. The fourth-order valence-corrected chi connectivity index (χ4v) is 2.51. The SMILES string of the molecule is CC(C)CCN(CCC(C)(C#N)NC(C)C)C1CC1. The number of nitrogens with zero attached hydrogens (tertiary/aromatic N) is 2. The van der Waals surface area contributed by atoms with E-state index in [-0.39, 0.29) is 5.54 Å². The second-order valence-corrected chi connectivity index (χ2v) is 6.94. The zero-order valence-corrected chi connectivity index (χ0v) is 13.4. The van der Waals surface area contributed by atoms with E-state index in [1.807, 2.05) is 6.92 Å². The molecule has 0 saturated heterocycles. The van der Waals surface area contributed by atoms with E-state index in [0.717, 1.165) is 24.9 Å². The second-order valence-electron chi connectivity index (χ2n) is 6.94. The molecule has 0 spiro atoms. The van der Waals surface area contributed by atoms with Gasteiger partial charge in [0, 0.05) is 18.6 Å². The summed E-state index contributed by atoms with van der Waals surface area (Å²) in [6.07, 6.45) is 4.87. The maximum absolute atomic E-state index is 9.39. The van der Waals surface area contributed by atoms with Crippen molar-refractivity contribution in [1.29, 1.82) is 5.26 Å². The van der Waals surface area contributed by atoms with Crippen molar-refractivity contribution in [3.8, 4) is 6.07 Å². The number of nitrogens with one attached hydrogen (secondary N) is 1. The van der Waals surface area contributed by atoms with Crippen molar-refractivity contribution in [2.45, 2.75) is 77.9 Å². The zero-order valence-electron chi connectivity index (χ0n) is 13.4. The highest BCUT2D eigenvalue weighted by molar-refractivity contribution is 5.05. The molecule has 1 atom stereocenters. The zero-order chi connectivity index (χ0) is 14.5. The third-order valence-corrected chi connectivity index (χ3v) is 3.81. The molecule has 19 heavy (non-hydrogen) atoms. The summed E-state index contributed by atoms with van der Waals surface area (Å²) in [5, 5.41) is 12.8. The molecule has 0 aromatic heterocycles. The Morgan fingerprint density at radius 2 is 1.89 bits per heavy atom. The largest absolute Gasteiger partial charge is 0.300 e. The van der Waals surface area contributed by atoms with Gasteiger partial charge in [-0.1, -0.05) is 13.8 Å². The van der Waals surface area contributed by atoms with Crippen LogP contribution >= 0.6 is 0 Å². The average Bonchev–Trinajstić information content (AvgIpc) is 3.12. The lowest BCUT2D eigenvalue weighted by atomic mass is 9.98. The first-order valence-corrected chi connectivity index (χ1v) is 7.79. The second kappa shape index (κ2) is 7.26. The molecule has 0 heterocycles. The lowest BCUT2D eigenvalue weighted by molar-refractivity contribution is 0.221. The van der Waals surface area contributed by atoms with Gasteiger partial charge >= 0.3 is 0 Å². The van der Waals surface area contributed by atoms with E-state index < -0.39 is 0 Å². The molecule has 3 nitrogen and oxygen atoms in total. The van der Waals surface area contributed by atoms with Gasteiger partial charge < -0.3 is 4.90 Å². The third-order valence-electron chi connectivity index (χ3n) is 3.81. The van der Waals surface area contributed by atoms with Gasteiger partial charge in [-0.15, -0.1) is 0 Å². The normalized spacial score (nSPS) is 18.9. The van der Waals surface area contributed by atoms with Gasteiger partial charge in [-0.25, -0.2) is 0 Å². The van der Waals surface area contributed by atoms with Gasteiger partial charge in [-0.3, -0.25) is 5.32 Å². The van der Waals surface area contributed by atoms with Gasteiger partial charge in [0.2, 0.25) is 0 Å². The first-order chi connectivity index (χ1) is 8.86. The molecule has 1 rings (SSSR count). The Bertz CT molecular complexity index is 302. The molecular formula is C16H31N3. The number of rotatable bonds is 9. The van der Waals surface area contributed by atoms with Gasteiger partial charge in [0.05, 0.1) is 6.07 Å². The highest BCUT2D eigenvalue weighted by Crippen LogP contribution is 2.28. The standard InChI is InChI=1S/C16H31N3/c1-13(2)8-10-19(15-6-7-15)11-9-16(5,12-17)18-14(3)4/h13-15,18H,6-11H2,1-5H3. The number of nitriles is 1. The fraction of sp³-hybridized carbons (Fsp3) is 0.938. The Morgan fingerprint density at radius 3 is 2.32 bits per heavy atom. The fourth-order valence-electron chi connectivity index (χ4n) is 2.51. The molecule has 1 saturated carbocycles. The molecular weight excluding hydrogens is 234 g/mol. The van der Waals surface area contributed by atoms with Crippen LogP contribution in [0.15, 0.2) is 0 Å². The molecule has 110 valence electrons. The summed E-state index contributed by atoms with van der Waals surface area (Å²) >= 11 is 0. The molecule has 1 fully saturated rings. The van der Waals surface area contributed by atoms with Crippen LogP contribution in [-0.4, -0.2) is 35.6 Å². The van der Waals surface area contributed by atoms with Crippen LogP contribution in [0.3, 0.4) is 0 Å². The molecule has 0 radical (unpaired) electrons. The minimum atomic E-state index is -0.390. The Kier molecular flexibility index (Phi) is 6.29. The minimum Gasteiger partial charge on any atom is -0.300 e. The number of hydrogen-bond acceptors (Lipinski definition) is 3. The molecule has 0 aliphatic heterocycles. The van der Waals surface area contributed by atoms with Gasteiger partial charge in [0.25, 0.3) is 0 Å². The van der Waals surface area contributed by atoms with Crippen molar-refractivity contribution >= 4 is 0 Å². The minimum absolute atomic E-state index is 0.356. The van der Waals surface area contributed by atoms with E-state index in [2.05, 4.69) is 44.0 Å². The molecule has 0 bridgehead atoms. The van der Waals surface area contributed by atoms with Crippen molar-refractivity contribution in [1.82, 2.24) is 10.2 Å². The lowest BCUT2D eigenvalue weighted by Crippen LogP contribution is -2.47. The van der Waals surface area contributed by atoms with E-state index in [0.29, 0.717) is 6.04 Å². The molecule has 1 aliphatic rings. The van der Waals surface area contributed by atoms with Crippen LogP contribution in [0, 0.1) is 17.2 Å². The van der Waals surface area contributed by atoms with Gasteiger partial charge in [0.1, 0.15) is 5.54 Å². The Morgan fingerprint density at radius 1 is 1.26 bits per heavy atom. The van der Waals surface area contributed by atoms with E-state index in [4.69, 9.17) is 0 Å². The van der Waals surface area contributed by atoms with Crippen LogP contribution in [0.2, 0.25) is 0 Å². The van der Waals surface area contributed by atoms with Crippen molar-refractivity contribution in [2.75, 3.05) is 13.1 Å². The maximum Gasteiger partial charge on any atom is 0.105 e. The summed E-state index contributed by atoms with van der Waals surface area (Å²) in [5.74, 6) is 0.761. The molecule has 1 N–H and O–H groups in total. The molecule has 0 aromatic rings. The monoisotopic (exact) mass is 265 g/mol. The van der Waals surface area contributed by atoms with Gasteiger partial charge in [-0.05, 0) is 58.9 Å². The van der Waals surface area contributed by atoms with Crippen molar-refractivity contribution in [3.05, 3.63) is 0 Å². The first-order valence-electron chi connectivity index (χ1n) is 7.79. The van der Waals surface area contributed by atoms with Crippen LogP contribution in [0.25, 0.3) is 0 Å². The highest BCUT2D eigenvalue weighted by atomic mass is 15.2. The molecule has 0 aromatic carbocycles. The third kappa shape index (κ3) is 6.40. The van der Waals surface area contributed by atoms with Crippen LogP contribution in [0.4, 0.5) is 0 Å². The predicted molar refractivity (Wildman–Crippen MR) is 81.0 cm³/mol. The Labute approximate surface area is 119 Å². The van der Waals surface area contributed by atoms with Gasteiger partial charge in [0.15, 0.2) is 0 Å². The highest BCUT2D eigenvalue weighted by Gasteiger charge is 2.31. The molecule has 3 heteroatoms. The summed E-state index contributed by atoms with van der Waals surface area (Å²) in [6.45, 7) is 13.0. The van der Waals surface area contributed by atoms with Crippen LogP contribution < -0.4 is 5.32 Å². The van der Waals surface area contributed by atoms with Crippen molar-refractivity contribution in [2.24, 2.45) is 5.92 Å². The van der Waals surface area contributed by atoms with E-state index in [1.165, 1.54) is 25.8 Å². The summed E-state index contributed by atoms with van der Waals surface area (Å²) < 4.78 is 0. The molecule has 0 amide bonds. The van der Waals surface area contributed by atoms with Crippen LogP contribution in [0.1, 0.15) is 60.3 Å². The van der Waals surface area contributed by atoms with Gasteiger partial charge in [-0.2, -0.15) is 5.26 Å². The number of hydrogen-bond donors (Lipinski definition) is 1. The maximum atomic E-state index is 9.39. The van der Waals surface area contributed by atoms with Crippen LogP contribution in [0.5, 0.6) is 0 Å². The summed E-state index contributed by atoms with van der Waals surface area (Å²) in [5.41, 5.74) is -0.390. The summed E-state index contributed by atoms with van der Waals surface area (Å²) in [6, 6.07) is 3.60. The summed E-state index contributed by atoms with van der Waals surface area (Å²) in [7, 11) is 0.